The highest BCUT2D eigenvalue weighted by atomic mass is 32.1. The predicted molar refractivity (Wildman–Crippen MR) is 58.3 cm³/mol. The number of hydrogen-bond donors (Lipinski definition) is 1. The molecule has 0 aliphatic heterocycles. The van der Waals surface area contributed by atoms with Gasteiger partial charge < -0.3 is 5.32 Å². The molecule has 0 fully saturated rings. The number of rotatable bonds is 2. The highest BCUT2D eigenvalue weighted by molar-refractivity contribution is 7.10. The van der Waals surface area contributed by atoms with Crippen molar-refractivity contribution < 1.29 is 0 Å². The van der Waals surface area contributed by atoms with E-state index in [0.717, 1.165) is 12.5 Å². The van der Waals surface area contributed by atoms with Gasteiger partial charge in [-0.1, -0.05) is 6.92 Å². The summed E-state index contributed by atoms with van der Waals surface area (Å²) in [5, 5.41) is 5.57. The van der Waals surface area contributed by atoms with Crippen molar-refractivity contribution in [3.63, 3.8) is 0 Å². The average molecular weight is 195 g/mol. The van der Waals surface area contributed by atoms with Gasteiger partial charge in [-0.3, -0.25) is 0 Å². The normalized spacial score (nSPS) is 21.5. The number of aryl methyl sites for hydroxylation is 1. The molecule has 1 nitrogen and oxygen atoms in total. The maximum Gasteiger partial charge on any atom is 0.0213 e. The summed E-state index contributed by atoms with van der Waals surface area (Å²) in [4.78, 5) is 1.64. The molecular weight excluding hydrogens is 178 g/mol. The van der Waals surface area contributed by atoms with Gasteiger partial charge in [0.2, 0.25) is 0 Å². The first-order chi connectivity index (χ1) is 6.31. The molecule has 1 aliphatic rings. The zero-order valence-corrected chi connectivity index (χ0v) is 9.21. The average Bonchev–Trinajstić information content (AvgIpc) is 2.49. The minimum atomic E-state index is 0.887. The van der Waals surface area contributed by atoms with Gasteiger partial charge in [-0.05, 0) is 48.7 Å². The maximum atomic E-state index is 3.24. The van der Waals surface area contributed by atoms with E-state index in [1.54, 1.807) is 10.4 Å². The molecule has 0 aromatic carbocycles. The van der Waals surface area contributed by atoms with Crippen LogP contribution >= 0.6 is 11.3 Å². The van der Waals surface area contributed by atoms with Crippen molar-refractivity contribution >= 4 is 11.3 Å². The van der Waals surface area contributed by atoms with Gasteiger partial charge in [0, 0.05) is 11.4 Å². The topological polar surface area (TPSA) is 12.0 Å². The summed E-state index contributed by atoms with van der Waals surface area (Å²) in [6, 6.07) is 0. The molecule has 1 heterocycles. The van der Waals surface area contributed by atoms with Crippen LogP contribution in [0, 0.1) is 5.92 Å². The second-order valence-corrected chi connectivity index (χ2v) is 5.01. The molecule has 0 saturated carbocycles. The molecule has 1 unspecified atom stereocenters. The largest absolute Gasteiger partial charge is 0.316 e. The summed E-state index contributed by atoms with van der Waals surface area (Å²) >= 11 is 1.95. The lowest BCUT2D eigenvalue weighted by molar-refractivity contribution is 0.503. The van der Waals surface area contributed by atoms with Crippen molar-refractivity contribution in [1.82, 2.24) is 5.32 Å². The first-order valence-corrected chi connectivity index (χ1v) is 5.92. The van der Waals surface area contributed by atoms with Crippen LogP contribution in [0.25, 0.3) is 0 Å². The summed E-state index contributed by atoms with van der Waals surface area (Å²) in [6.07, 6.45) is 3.99. The van der Waals surface area contributed by atoms with Crippen molar-refractivity contribution in [1.29, 1.82) is 0 Å². The van der Waals surface area contributed by atoms with Crippen LogP contribution in [-0.2, 0) is 19.4 Å². The van der Waals surface area contributed by atoms with Gasteiger partial charge in [0.05, 0.1) is 0 Å². The first-order valence-electron chi connectivity index (χ1n) is 5.04. The lowest BCUT2D eigenvalue weighted by Crippen LogP contribution is -2.13. The minimum absolute atomic E-state index is 0.887. The van der Waals surface area contributed by atoms with E-state index < -0.39 is 0 Å². The maximum absolute atomic E-state index is 3.24. The zero-order chi connectivity index (χ0) is 9.26. The van der Waals surface area contributed by atoms with E-state index in [0.29, 0.717) is 0 Å². The number of nitrogens with one attached hydrogen (secondary N) is 1. The Morgan fingerprint density at radius 1 is 1.62 bits per heavy atom. The fraction of sp³-hybridized carbons (Fsp3) is 0.636. The Kier molecular flexibility index (Phi) is 2.70. The Morgan fingerprint density at radius 3 is 3.23 bits per heavy atom. The number of thiophene rings is 1. The van der Waals surface area contributed by atoms with Gasteiger partial charge in [-0.15, -0.1) is 11.3 Å². The van der Waals surface area contributed by atoms with E-state index in [9.17, 15) is 0 Å². The minimum Gasteiger partial charge on any atom is -0.316 e. The third-order valence-corrected chi connectivity index (χ3v) is 3.99. The highest BCUT2D eigenvalue weighted by Crippen LogP contribution is 2.32. The van der Waals surface area contributed by atoms with Crippen LogP contribution in [0.4, 0.5) is 0 Å². The summed E-state index contributed by atoms with van der Waals surface area (Å²) in [6.45, 7) is 3.41. The van der Waals surface area contributed by atoms with Gasteiger partial charge in [-0.2, -0.15) is 0 Å². The van der Waals surface area contributed by atoms with Gasteiger partial charge in [0.25, 0.3) is 0 Å². The molecule has 1 N–H and O–H groups in total. The number of fused-ring (bicyclic) bond motifs is 1. The molecule has 13 heavy (non-hydrogen) atoms. The van der Waals surface area contributed by atoms with E-state index >= 15 is 0 Å². The summed E-state index contributed by atoms with van der Waals surface area (Å²) in [5.74, 6) is 0.887. The summed E-state index contributed by atoms with van der Waals surface area (Å²) < 4.78 is 0. The van der Waals surface area contributed by atoms with Crippen molar-refractivity contribution in [3.05, 3.63) is 21.4 Å². The van der Waals surface area contributed by atoms with Crippen molar-refractivity contribution in [3.8, 4) is 0 Å². The van der Waals surface area contributed by atoms with Crippen molar-refractivity contribution in [2.45, 2.75) is 32.7 Å². The molecule has 2 rings (SSSR count). The van der Waals surface area contributed by atoms with Gasteiger partial charge in [0.1, 0.15) is 0 Å². The van der Waals surface area contributed by atoms with Gasteiger partial charge in [-0.25, -0.2) is 0 Å². The monoisotopic (exact) mass is 195 g/mol. The third kappa shape index (κ3) is 1.79. The molecule has 0 radical (unpaired) electrons. The van der Waals surface area contributed by atoms with Crippen LogP contribution < -0.4 is 5.32 Å². The Labute approximate surface area is 84.2 Å². The lowest BCUT2D eigenvalue weighted by atomic mass is 9.88. The van der Waals surface area contributed by atoms with E-state index in [-0.39, 0.29) is 0 Å². The summed E-state index contributed by atoms with van der Waals surface area (Å²) in [7, 11) is 2.02. The van der Waals surface area contributed by atoms with Crippen molar-refractivity contribution in [2.24, 2.45) is 5.92 Å². The molecule has 0 spiro atoms. The highest BCUT2D eigenvalue weighted by Gasteiger charge is 2.19. The molecule has 2 heteroatoms. The van der Waals surface area contributed by atoms with E-state index in [1.807, 2.05) is 18.4 Å². The van der Waals surface area contributed by atoms with E-state index in [2.05, 4.69) is 17.6 Å². The second kappa shape index (κ2) is 3.81. The molecule has 1 aromatic heterocycles. The summed E-state index contributed by atoms with van der Waals surface area (Å²) in [5.41, 5.74) is 3.19. The van der Waals surface area contributed by atoms with Crippen molar-refractivity contribution in [2.75, 3.05) is 7.05 Å². The van der Waals surface area contributed by atoms with Crippen LogP contribution in [0.3, 0.4) is 0 Å². The zero-order valence-electron chi connectivity index (χ0n) is 8.39. The molecule has 1 aromatic rings. The van der Waals surface area contributed by atoms with E-state index in [1.165, 1.54) is 24.8 Å². The third-order valence-electron chi connectivity index (χ3n) is 2.85. The Hall–Kier alpha value is -0.340. The van der Waals surface area contributed by atoms with Gasteiger partial charge in [0.15, 0.2) is 0 Å². The van der Waals surface area contributed by atoms with Crippen LogP contribution in [0.2, 0.25) is 0 Å². The van der Waals surface area contributed by atoms with Crippen LogP contribution in [0.15, 0.2) is 5.38 Å². The SMILES string of the molecule is CNCc1csc2c1CC(C)CC2. The Morgan fingerprint density at radius 2 is 2.46 bits per heavy atom. The predicted octanol–water partition coefficient (Wildman–Crippen LogP) is 2.59. The lowest BCUT2D eigenvalue weighted by Gasteiger charge is -2.19. The first kappa shape index (κ1) is 9.22. The molecule has 1 aliphatic carbocycles. The molecule has 72 valence electrons. The van der Waals surface area contributed by atoms with Gasteiger partial charge >= 0.3 is 0 Å². The fourth-order valence-electron chi connectivity index (χ4n) is 2.09. The molecule has 1 atom stereocenters. The number of hydrogen-bond acceptors (Lipinski definition) is 2. The van der Waals surface area contributed by atoms with E-state index in [4.69, 9.17) is 0 Å². The fourth-order valence-corrected chi connectivity index (χ4v) is 3.19. The molecular formula is C11H17NS. The quantitative estimate of drug-likeness (QED) is 0.765. The second-order valence-electron chi connectivity index (χ2n) is 4.04. The molecule has 0 saturated heterocycles. The van der Waals surface area contributed by atoms with Crippen LogP contribution in [0.5, 0.6) is 0 Å². The molecule has 0 bridgehead atoms. The Bertz CT molecular complexity index is 290. The van der Waals surface area contributed by atoms with Crippen LogP contribution in [0.1, 0.15) is 29.3 Å². The Balaban J connectivity index is 2.25. The molecule has 0 amide bonds. The smallest absolute Gasteiger partial charge is 0.0213 e. The van der Waals surface area contributed by atoms with Crippen LogP contribution in [-0.4, -0.2) is 7.05 Å². The standard InChI is InChI=1S/C11H17NS/c1-8-3-4-11-10(5-8)9(6-12-2)7-13-11/h7-8,12H,3-6H2,1-2H3.